The van der Waals surface area contributed by atoms with Crippen LogP contribution in [0.5, 0.6) is 0 Å². The number of alkyl halides is 6. The SMILES string of the molecule is Cc1nc(C(F)(F)F)c2[nH]c(-c3ccc(C(F)(F)F)cc3F)nc2n1. The van der Waals surface area contributed by atoms with E-state index in [4.69, 9.17) is 0 Å². The van der Waals surface area contributed by atoms with Gasteiger partial charge >= 0.3 is 12.4 Å². The minimum atomic E-state index is -4.81. The van der Waals surface area contributed by atoms with E-state index in [-0.39, 0.29) is 23.4 Å². The van der Waals surface area contributed by atoms with Crippen molar-refractivity contribution < 1.29 is 30.7 Å². The van der Waals surface area contributed by atoms with Crippen molar-refractivity contribution >= 4 is 11.2 Å². The molecule has 0 saturated carbocycles. The zero-order valence-corrected chi connectivity index (χ0v) is 12.2. The van der Waals surface area contributed by atoms with Gasteiger partial charge in [0.1, 0.15) is 23.0 Å². The minimum absolute atomic E-state index is 0.203. The molecule has 11 heteroatoms. The van der Waals surface area contributed by atoms with Crippen molar-refractivity contribution in [1.29, 1.82) is 0 Å². The molecular formula is C14H7F7N4. The van der Waals surface area contributed by atoms with Gasteiger partial charge in [-0.1, -0.05) is 0 Å². The van der Waals surface area contributed by atoms with Gasteiger partial charge in [0.25, 0.3) is 0 Å². The van der Waals surface area contributed by atoms with Crippen molar-refractivity contribution in [2.45, 2.75) is 19.3 Å². The Hall–Kier alpha value is -2.72. The summed E-state index contributed by atoms with van der Waals surface area (Å²) >= 11 is 0. The molecule has 3 aromatic rings. The summed E-state index contributed by atoms with van der Waals surface area (Å²) in [4.78, 5) is 13.0. The van der Waals surface area contributed by atoms with Crippen molar-refractivity contribution in [3.05, 3.63) is 41.1 Å². The lowest BCUT2D eigenvalue weighted by molar-refractivity contribution is -0.140. The monoisotopic (exact) mass is 364 g/mol. The number of aryl methyl sites for hydroxylation is 1. The van der Waals surface area contributed by atoms with Gasteiger partial charge in [-0.25, -0.2) is 19.3 Å². The molecule has 2 aromatic heterocycles. The highest BCUT2D eigenvalue weighted by Crippen LogP contribution is 2.35. The van der Waals surface area contributed by atoms with E-state index in [0.717, 1.165) is 6.07 Å². The molecular weight excluding hydrogens is 357 g/mol. The normalized spacial score (nSPS) is 12.8. The van der Waals surface area contributed by atoms with E-state index in [0.29, 0.717) is 6.07 Å². The molecule has 1 aromatic carbocycles. The fourth-order valence-corrected chi connectivity index (χ4v) is 2.22. The summed E-state index contributed by atoms with van der Waals surface area (Å²) in [5, 5.41) is 0. The Labute approximate surface area is 134 Å². The van der Waals surface area contributed by atoms with Crippen molar-refractivity contribution in [2.75, 3.05) is 0 Å². The van der Waals surface area contributed by atoms with Gasteiger partial charge in [0.2, 0.25) is 0 Å². The van der Waals surface area contributed by atoms with Crippen molar-refractivity contribution in [3.63, 3.8) is 0 Å². The summed E-state index contributed by atoms with van der Waals surface area (Å²) in [6.07, 6.45) is -9.56. The van der Waals surface area contributed by atoms with E-state index < -0.39 is 40.5 Å². The number of rotatable bonds is 1. The number of fused-ring (bicyclic) bond motifs is 1. The highest BCUT2D eigenvalue weighted by atomic mass is 19.4. The van der Waals surface area contributed by atoms with Crippen LogP contribution in [0.1, 0.15) is 17.1 Å². The number of benzene rings is 1. The Bertz CT molecular complexity index is 956. The first kappa shape index (κ1) is 17.1. The van der Waals surface area contributed by atoms with Gasteiger partial charge < -0.3 is 4.98 Å². The van der Waals surface area contributed by atoms with E-state index in [1.165, 1.54) is 6.92 Å². The number of aromatic amines is 1. The third kappa shape index (κ3) is 3.13. The van der Waals surface area contributed by atoms with Gasteiger partial charge in [-0.2, -0.15) is 26.3 Å². The molecule has 132 valence electrons. The highest BCUT2D eigenvalue weighted by Gasteiger charge is 2.37. The molecule has 0 aliphatic heterocycles. The van der Waals surface area contributed by atoms with Gasteiger partial charge in [0.05, 0.1) is 11.1 Å². The molecule has 2 heterocycles. The maximum absolute atomic E-state index is 14.0. The molecule has 25 heavy (non-hydrogen) atoms. The fourth-order valence-electron chi connectivity index (χ4n) is 2.22. The smallest absolute Gasteiger partial charge is 0.335 e. The van der Waals surface area contributed by atoms with Crippen molar-refractivity contribution in [2.24, 2.45) is 0 Å². The van der Waals surface area contributed by atoms with E-state index in [2.05, 4.69) is 19.9 Å². The number of aromatic nitrogens is 4. The summed E-state index contributed by atoms with van der Waals surface area (Å²) < 4.78 is 90.8. The van der Waals surface area contributed by atoms with E-state index in [1.807, 2.05) is 0 Å². The molecule has 0 fully saturated rings. The van der Waals surface area contributed by atoms with Crippen LogP contribution in [0.4, 0.5) is 30.7 Å². The molecule has 0 amide bonds. The van der Waals surface area contributed by atoms with Gasteiger partial charge in [0, 0.05) is 0 Å². The molecule has 1 N–H and O–H groups in total. The molecule has 0 aliphatic carbocycles. The predicted molar refractivity (Wildman–Crippen MR) is 71.8 cm³/mol. The number of nitrogens with zero attached hydrogens (tertiary/aromatic N) is 3. The predicted octanol–water partition coefficient (Wildman–Crippen LogP) is 4.51. The lowest BCUT2D eigenvalue weighted by Crippen LogP contribution is -2.10. The molecule has 0 bridgehead atoms. The number of nitrogens with one attached hydrogen (secondary N) is 1. The summed E-state index contributed by atoms with van der Waals surface area (Å²) in [7, 11) is 0. The highest BCUT2D eigenvalue weighted by molar-refractivity contribution is 5.78. The van der Waals surface area contributed by atoms with Crippen LogP contribution in [0.2, 0.25) is 0 Å². The Kier molecular flexibility index (Phi) is 3.69. The summed E-state index contributed by atoms with van der Waals surface area (Å²) in [5.74, 6) is -1.87. The first-order valence-corrected chi connectivity index (χ1v) is 6.65. The van der Waals surface area contributed by atoms with Crippen LogP contribution in [0.3, 0.4) is 0 Å². The lowest BCUT2D eigenvalue weighted by Gasteiger charge is -2.08. The molecule has 0 aliphatic rings. The molecule has 0 saturated heterocycles. The molecule has 4 nitrogen and oxygen atoms in total. The average Bonchev–Trinajstić information content (AvgIpc) is 2.87. The first-order valence-electron chi connectivity index (χ1n) is 6.65. The standard InChI is InChI=1S/C14H7F7N4/c1-5-22-10(14(19,20)21)9-12(23-5)25-11(24-9)7-3-2-6(4-8(7)15)13(16,17)18/h2-4H,1H3,(H,22,23,24,25). The quantitative estimate of drug-likeness (QED) is 0.647. The Morgan fingerprint density at radius 1 is 0.920 bits per heavy atom. The lowest BCUT2D eigenvalue weighted by atomic mass is 10.1. The van der Waals surface area contributed by atoms with Gasteiger partial charge in [-0.05, 0) is 25.1 Å². The third-order valence-electron chi connectivity index (χ3n) is 3.28. The third-order valence-corrected chi connectivity index (χ3v) is 3.28. The summed E-state index contributed by atoms with van der Waals surface area (Å²) in [6, 6.07) is 1.63. The summed E-state index contributed by atoms with van der Waals surface area (Å²) in [5.41, 5.74) is -3.88. The van der Waals surface area contributed by atoms with Crippen molar-refractivity contribution in [3.8, 4) is 11.4 Å². The zero-order chi connectivity index (χ0) is 18.6. The second-order valence-corrected chi connectivity index (χ2v) is 5.09. The fraction of sp³-hybridized carbons (Fsp3) is 0.214. The van der Waals surface area contributed by atoms with Crippen LogP contribution in [0.25, 0.3) is 22.6 Å². The second-order valence-electron chi connectivity index (χ2n) is 5.09. The van der Waals surface area contributed by atoms with Gasteiger partial charge in [-0.15, -0.1) is 0 Å². The van der Waals surface area contributed by atoms with Crippen LogP contribution in [0.15, 0.2) is 18.2 Å². The van der Waals surface area contributed by atoms with Crippen LogP contribution in [-0.4, -0.2) is 19.9 Å². The molecule has 0 atom stereocenters. The summed E-state index contributed by atoms with van der Waals surface area (Å²) in [6.45, 7) is 1.22. The van der Waals surface area contributed by atoms with Gasteiger partial charge in [0.15, 0.2) is 11.3 Å². The van der Waals surface area contributed by atoms with Crippen molar-refractivity contribution in [1.82, 2.24) is 19.9 Å². The number of H-pyrrole nitrogens is 1. The maximum atomic E-state index is 14.0. The van der Waals surface area contributed by atoms with Crippen LogP contribution in [0, 0.1) is 12.7 Å². The largest absolute Gasteiger partial charge is 0.435 e. The molecule has 0 radical (unpaired) electrons. The maximum Gasteiger partial charge on any atom is 0.435 e. The molecule has 0 unspecified atom stereocenters. The van der Waals surface area contributed by atoms with Gasteiger partial charge in [-0.3, -0.25) is 0 Å². The first-order chi connectivity index (χ1) is 11.5. The Morgan fingerprint density at radius 3 is 2.16 bits per heavy atom. The average molecular weight is 364 g/mol. The zero-order valence-electron chi connectivity index (χ0n) is 12.2. The van der Waals surface area contributed by atoms with Crippen LogP contribution >= 0.6 is 0 Å². The van der Waals surface area contributed by atoms with E-state index in [1.54, 1.807) is 0 Å². The van der Waals surface area contributed by atoms with Crippen LogP contribution in [-0.2, 0) is 12.4 Å². The van der Waals surface area contributed by atoms with E-state index >= 15 is 0 Å². The molecule has 0 spiro atoms. The number of hydrogen-bond donors (Lipinski definition) is 1. The topological polar surface area (TPSA) is 54.5 Å². The number of halogens is 7. The number of hydrogen-bond acceptors (Lipinski definition) is 3. The Balaban J connectivity index is 2.18. The minimum Gasteiger partial charge on any atom is -0.335 e. The van der Waals surface area contributed by atoms with Crippen LogP contribution < -0.4 is 0 Å². The molecule has 3 rings (SSSR count). The van der Waals surface area contributed by atoms with E-state index in [9.17, 15) is 30.7 Å². The Morgan fingerprint density at radius 2 is 1.60 bits per heavy atom. The second kappa shape index (κ2) is 5.39. The number of imidazole rings is 1.